The fraction of sp³-hybridized carbons (Fsp3) is 0.364. The number of rotatable bonds is 3. The summed E-state index contributed by atoms with van der Waals surface area (Å²) in [6, 6.07) is 6.11. The van der Waals surface area contributed by atoms with Gasteiger partial charge in [0.05, 0.1) is 0 Å². The van der Waals surface area contributed by atoms with Crippen molar-refractivity contribution in [2.45, 2.75) is 25.6 Å². The average molecular weight is 231 g/mol. The first-order valence-electron chi connectivity index (χ1n) is 4.39. The number of hydrogen-bond donors (Lipinski definition) is 0. The van der Waals surface area contributed by atoms with Gasteiger partial charge in [-0.2, -0.15) is 0 Å². The lowest BCUT2D eigenvalue weighted by Crippen LogP contribution is -2.11. The molecule has 14 heavy (non-hydrogen) atoms. The van der Waals surface area contributed by atoms with E-state index in [1.54, 1.807) is 0 Å². The van der Waals surface area contributed by atoms with Crippen molar-refractivity contribution in [1.29, 1.82) is 0 Å². The van der Waals surface area contributed by atoms with Crippen molar-refractivity contribution in [2.24, 2.45) is 0 Å². The molecule has 1 nitrogen and oxygen atoms in total. The van der Waals surface area contributed by atoms with Crippen molar-refractivity contribution in [1.82, 2.24) is 0 Å². The molecule has 1 atom stereocenters. The molecule has 0 amide bonds. The Morgan fingerprint density at radius 1 is 1.29 bits per heavy atom. The fourth-order valence-corrected chi connectivity index (χ4v) is 1.73. The summed E-state index contributed by atoms with van der Waals surface area (Å²) in [4.78, 5) is 10.8. The molecule has 0 aliphatic rings. The van der Waals surface area contributed by atoms with E-state index in [0.29, 0.717) is 6.42 Å². The lowest BCUT2D eigenvalue weighted by atomic mass is 10.0. The topological polar surface area (TPSA) is 17.1 Å². The molecule has 0 fully saturated rings. The maximum Gasteiger partial charge on any atom is 0.239 e. The Morgan fingerprint density at radius 2 is 1.79 bits per heavy atom. The normalized spacial score (nSPS) is 12.6. The molecule has 0 bridgehead atoms. The van der Waals surface area contributed by atoms with Crippen molar-refractivity contribution in [3.05, 3.63) is 34.9 Å². The fourth-order valence-electron chi connectivity index (χ4n) is 1.47. The highest BCUT2D eigenvalue weighted by Crippen LogP contribution is 2.14. The molecule has 0 aromatic heterocycles. The summed E-state index contributed by atoms with van der Waals surface area (Å²) in [7, 11) is 0. The van der Waals surface area contributed by atoms with Crippen LogP contribution in [0.15, 0.2) is 18.2 Å². The van der Waals surface area contributed by atoms with Crippen LogP contribution < -0.4 is 0 Å². The van der Waals surface area contributed by atoms with Gasteiger partial charge >= 0.3 is 0 Å². The van der Waals surface area contributed by atoms with Crippen LogP contribution in [0.5, 0.6) is 0 Å². The van der Waals surface area contributed by atoms with E-state index in [9.17, 15) is 4.79 Å². The lowest BCUT2D eigenvalue weighted by molar-refractivity contribution is -0.111. The van der Waals surface area contributed by atoms with Gasteiger partial charge < -0.3 is 0 Å². The van der Waals surface area contributed by atoms with Crippen LogP contribution >= 0.6 is 23.2 Å². The van der Waals surface area contributed by atoms with Crippen LogP contribution in [0.1, 0.15) is 16.7 Å². The number of carbonyl (C=O) groups excluding carboxylic acids is 1. The van der Waals surface area contributed by atoms with E-state index in [-0.39, 0.29) is 0 Å². The molecule has 1 aromatic carbocycles. The second kappa shape index (κ2) is 4.81. The third-order valence-electron chi connectivity index (χ3n) is 1.94. The van der Waals surface area contributed by atoms with Gasteiger partial charge in [-0.3, -0.25) is 4.79 Å². The minimum Gasteiger partial charge on any atom is -0.280 e. The quantitative estimate of drug-likeness (QED) is 0.576. The smallest absolute Gasteiger partial charge is 0.239 e. The highest BCUT2D eigenvalue weighted by Gasteiger charge is 2.13. The largest absolute Gasteiger partial charge is 0.280 e. The molecule has 1 aromatic rings. The highest BCUT2D eigenvalue weighted by molar-refractivity contribution is 6.69. The minimum absolute atomic E-state index is 0.492. The first-order chi connectivity index (χ1) is 6.49. The van der Waals surface area contributed by atoms with Crippen molar-refractivity contribution < 1.29 is 4.79 Å². The molecule has 0 aliphatic heterocycles. The van der Waals surface area contributed by atoms with Crippen molar-refractivity contribution in [3.63, 3.8) is 0 Å². The zero-order valence-electron chi connectivity index (χ0n) is 8.18. The van der Waals surface area contributed by atoms with E-state index in [1.807, 2.05) is 26.0 Å². The monoisotopic (exact) mass is 230 g/mol. The summed E-state index contributed by atoms with van der Waals surface area (Å²) in [6.45, 7) is 4.03. The van der Waals surface area contributed by atoms with Crippen LogP contribution in [-0.4, -0.2) is 10.6 Å². The molecular weight excluding hydrogens is 219 g/mol. The first-order valence-corrected chi connectivity index (χ1v) is 5.21. The van der Waals surface area contributed by atoms with Crippen LogP contribution in [0.2, 0.25) is 0 Å². The number of alkyl halides is 1. The summed E-state index contributed by atoms with van der Waals surface area (Å²) in [5.41, 5.74) is 3.40. The van der Waals surface area contributed by atoms with Gasteiger partial charge in [-0.1, -0.05) is 29.3 Å². The second-order valence-electron chi connectivity index (χ2n) is 3.47. The molecule has 1 unspecified atom stereocenters. The molecule has 76 valence electrons. The number of benzene rings is 1. The molecule has 0 saturated carbocycles. The summed E-state index contributed by atoms with van der Waals surface area (Å²) in [6.07, 6.45) is 0.492. The molecular formula is C11H12Cl2O. The van der Waals surface area contributed by atoms with E-state index >= 15 is 0 Å². The predicted octanol–water partition coefficient (Wildman–Crippen LogP) is 3.22. The van der Waals surface area contributed by atoms with Gasteiger partial charge in [0.15, 0.2) is 0 Å². The predicted molar refractivity (Wildman–Crippen MR) is 60.1 cm³/mol. The zero-order valence-corrected chi connectivity index (χ0v) is 9.69. The number of halogens is 2. The Morgan fingerprint density at radius 3 is 2.21 bits per heavy atom. The number of hydrogen-bond acceptors (Lipinski definition) is 1. The zero-order chi connectivity index (χ0) is 10.7. The van der Waals surface area contributed by atoms with E-state index in [2.05, 4.69) is 6.07 Å². The molecule has 3 heteroatoms. The first kappa shape index (κ1) is 11.5. The van der Waals surface area contributed by atoms with Crippen molar-refractivity contribution in [2.75, 3.05) is 0 Å². The van der Waals surface area contributed by atoms with Crippen LogP contribution in [0.25, 0.3) is 0 Å². The molecule has 0 heterocycles. The molecule has 1 rings (SSSR count). The van der Waals surface area contributed by atoms with Crippen molar-refractivity contribution in [3.8, 4) is 0 Å². The highest BCUT2D eigenvalue weighted by atomic mass is 35.5. The third kappa shape index (κ3) is 3.32. The second-order valence-corrected chi connectivity index (χ2v) is 4.37. The Hall–Kier alpha value is -0.530. The van der Waals surface area contributed by atoms with E-state index in [1.165, 1.54) is 11.1 Å². The van der Waals surface area contributed by atoms with Gasteiger partial charge in [0.25, 0.3) is 0 Å². The molecule has 0 saturated heterocycles. The van der Waals surface area contributed by atoms with E-state index < -0.39 is 10.6 Å². The van der Waals surface area contributed by atoms with E-state index in [0.717, 1.165) is 5.56 Å². The van der Waals surface area contributed by atoms with E-state index in [4.69, 9.17) is 23.2 Å². The number of carbonyl (C=O) groups is 1. The average Bonchev–Trinajstić information content (AvgIpc) is 2.01. The van der Waals surface area contributed by atoms with Gasteiger partial charge in [0.2, 0.25) is 5.24 Å². The van der Waals surface area contributed by atoms with Crippen LogP contribution in [0, 0.1) is 13.8 Å². The van der Waals surface area contributed by atoms with Crippen molar-refractivity contribution >= 4 is 28.4 Å². The molecule has 0 N–H and O–H groups in total. The van der Waals surface area contributed by atoms with Gasteiger partial charge in [-0.05, 0) is 37.4 Å². The van der Waals surface area contributed by atoms with Crippen LogP contribution in [-0.2, 0) is 11.2 Å². The van der Waals surface area contributed by atoms with Gasteiger partial charge in [0.1, 0.15) is 5.38 Å². The maximum absolute atomic E-state index is 10.8. The Balaban J connectivity index is 2.81. The minimum atomic E-state index is -0.627. The van der Waals surface area contributed by atoms with Crippen LogP contribution in [0.3, 0.4) is 0 Å². The standard InChI is InChI=1S/C11H12Cl2O/c1-7-3-8(2)5-9(4-7)6-10(12)11(13)14/h3-5,10H,6H2,1-2H3. The Bertz CT molecular complexity index is 327. The van der Waals surface area contributed by atoms with Gasteiger partial charge in [-0.15, -0.1) is 11.6 Å². The van der Waals surface area contributed by atoms with Gasteiger partial charge in [-0.25, -0.2) is 0 Å². The molecule has 0 aliphatic carbocycles. The SMILES string of the molecule is Cc1cc(C)cc(CC(Cl)C(=O)Cl)c1. The molecule has 0 spiro atoms. The van der Waals surface area contributed by atoms with Gasteiger partial charge in [0, 0.05) is 0 Å². The number of aryl methyl sites for hydroxylation is 2. The summed E-state index contributed by atoms with van der Waals surface area (Å²) in [5, 5.41) is -1.12. The summed E-state index contributed by atoms with van der Waals surface area (Å²) in [5.74, 6) is 0. The Kier molecular flexibility index (Phi) is 3.97. The lowest BCUT2D eigenvalue weighted by Gasteiger charge is -2.06. The summed E-state index contributed by atoms with van der Waals surface area (Å²) < 4.78 is 0. The maximum atomic E-state index is 10.8. The Labute approximate surface area is 94.0 Å². The molecule has 0 radical (unpaired) electrons. The summed E-state index contributed by atoms with van der Waals surface area (Å²) >= 11 is 11.1. The van der Waals surface area contributed by atoms with Crippen LogP contribution in [0.4, 0.5) is 0 Å². The third-order valence-corrected chi connectivity index (χ3v) is 2.67.